The highest BCUT2D eigenvalue weighted by atomic mass is 32.2. The number of amides is 2. The van der Waals surface area contributed by atoms with Crippen molar-refractivity contribution in [2.24, 2.45) is 4.40 Å². The third-order valence-electron chi connectivity index (χ3n) is 3.78. The molecule has 1 atom stereocenters. The molecule has 1 aromatic carbocycles. The van der Waals surface area contributed by atoms with Gasteiger partial charge in [0.25, 0.3) is 10.0 Å². The summed E-state index contributed by atoms with van der Waals surface area (Å²) in [6.45, 7) is 1.94. The molecule has 1 aliphatic rings. The second-order valence-electron chi connectivity index (χ2n) is 5.73. The lowest BCUT2D eigenvalue weighted by Gasteiger charge is -2.13. The van der Waals surface area contributed by atoms with E-state index in [4.69, 9.17) is 0 Å². The predicted octanol–water partition coefficient (Wildman–Crippen LogP) is 2.92. The van der Waals surface area contributed by atoms with Gasteiger partial charge in [0.05, 0.1) is 0 Å². The molecule has 1 saturated heterocycles. The topological polar surface area (TPSA) is 95.9 Å². The number of carbonyl (C=O) groups is 2. The first-order valence-electron chi connectivity index (χ1n) is 8.22. The molecule has 1 aliphatic heterocycles. The maximum Gasteiger partial charge on any atom is 0.294 e. The van der Waals surface area contributed by atoms with Crippen molar-refractivity contribution in [3.05, 3.63) is 47.6 Å². The molecular weight excluding hydrogens is 425 g/mol. The maximum absolute atomic E-state index is 12.9. The number of hydrogen-bond donors (Lipinski definition) is 1. The molecule has 1 unspecified atom stereocenters. The average Bonchev–Trinajstić information content (AvgIpc) is 3.27. The summed E-state index contributed by atoms with van der Waals surface area (Å²) in [6.07, 6.45) is -0.157. The minimum Gasteiger partial charge on any atom is -0.326 e. The number of hydrogen-bond acceptors (Lipinski definition) is 6. The fraction of sp³-hybridized carbons (Fsp3) is 0.235. The first-order valence-corrected chi connectivity index (χ1v) is 11.4. The van der Waals surface area contributed by atoms with E-state index in [1.807, 2.05) is 0 Å². The Labute approximate surface area is 169 Å². The zero-order valence-electron chi connectivity index (χ0n) is 14.7. The summed E-state index contributed by atoms with van der Waals surface area (Å²) in [4.78, 5) is 26.0. The fourth-order valence-corrected chi connectivity index (χ4v) is 5.86. The second kappa shape index (κ2) is 8.41. The molecule has 0 saturated carbocycles. The van der Waals surface area contributed by atoms with Crippen LogP contribution in [0, 0.1) is 5.82 Å². The molecule has 148 valence electrons. The van der Waals surface area contributed by atoms with Gasteiger partial charge in [-0.15, -0.1) is 15.7 Å². The van der Waals surface area contributed by atoms with Crippen molar-refractivity contribution in [2.75, 3.05) is 11.9 Å². The van der Waals surface area contributed by atoms with Gasteiger partial charge in [-0.05, 0) is 42.6 Å². The van der Waals surface area contributed by atoms with E-state index >= 15 is 0 Å². The number of nitrogens with one attached hydrogen (secondary N) is 1. The minimum absolute atomic E-state index is 0.0560. The third-order valence-corrected chi connectivity index (χ3v) is 7.71. The molecule has 11 heteroatoms. The molecule has 0 bridgehead atoms. The van der Waals surface area contributed by atoms with Gasteiger partial charge in [0.2, 0.25) is 11.8 Å². The SMILES string of the molecule is CCN1C(=O)C(CC(=O)Nc2ccc(F)cc2)SC1=NS(=O)(=O)c1cccs1. The van der Waals surface area contributed by atoms with Crippen LogP contribution < -0.4 is 5.32 Å². The van der Waals surface area contributed by atoms with Crippen molar-refractivity contribution >= 4 is 55.8 Å². The Morgan fingerprint density at radius 2 is 2.00 bits per heavy atom. The van der Waals surface area contributed by atoms with E-state index in [1.165, 1.54) is 35.2 Å². The largest absolute Gasteiger partial charge is 0.326 e. The van der Waals surface area contributed by atoms with Crippen LogP contribution in [0.15, 0.2) is 50.4 Å². The number of sulfonamides is 1. The molecule has 2 heterocycles. The number of benzene rings is 1. The highest BCUT2D eigenvalue weighted by Gasteiger charge is 2.39. The van der Waals surface area contributed by atoms with E-state index in [0.717, 1.165) is 23.1 Å². The molecule has 2 aromatic rings. The normalized spacial score (nSPS) is 18.6. The highest BCUT2D eigenvalue weighted by molar-refractivity contribution is 8.16. The van der Waals surface area contributed by atoms with Crippen molar-refractivity contribution in [3.8, 4) is 0 Å². The van der Waals surface area contributed by atoms with E-state index in [1.54, 1.807) is 18.4 Å². The molecule has 2 amide bonds. The van der Waals surface area contributed by atoms with Gasteiger partial charge in [-0.1, -0.05) is 17.8 Å². The summed E-state index contributed by atoms with van der Waals surface area (Å²) < 4.78 is 41.6. The van der Waals surface area contributed by atoms with Crippen molar-refractivity contribution in [3.63, 3.8) is 0 Å². The maximum atomic E-state index is 12.9. The number of halogens is 1. The first kappa shape index (κ1) is 20.5. The zero-order chi connectivity index (χ0) is 20.3. The Hall–Kier alpha value is -2.24. The monoisotopic (exact) mass is 441 g/mol. The van der Waals surface area contributed by atoms with E-state index < -0.39 is 27.0 Å². The molecule has 3 rings (SSSR count). The summed E-state index contributed by atoms with van der Waals surface area (Å²) >= 11 is 1.99. The van der Waals surface area contributed by atoms with E-state index in [2.05, 4.69) is 9.71 Å². The van der Waals surface area contributed by atoms with Crippen LogP contribution in [0.25, 0.3) is 0 Å². The smallest absolute Gasteiger partial charge is 0.294 e. The number of amidine groups is 1. The summed E-state index contributed by atoms with van der Waals surface area (Å²) in [5.41, 5.74) is 0.406. The van der Waals surface area contributed by atoms with Crippen LogP contribution in [-0.4, -0.2) is 42.1 Å². The van der Waals surface area contributed by atoms with Crippen LogP contribution in [0.4, 0.5) is 10.1 Å². The summed E-state index contributed by atoms with van der Waals surface area (Å²) in [5.74, 6) is -1.23. The minimum atomic E-state index is -3.92. The van der Waals surface area contributed by atoms with Gasteiger partial charge < -0.3 is 5.32 Å². The van der Waals surface area contributed by atoms with Gasteiger partial charge in [-0.2, -0.15) is 8.42 Å². The van der Waals surface area contributed by atoms with Crippen LogP contribution >= 0.6 is 23.1 Å². The lowest BCUT2D eigenvalue weighted by Crippen LogP contribution is -2.33. The Morgan fingerprint density at radius 3 is 2.61 bits per heavy atom. The van der Waals surface area contributed by atoms with Crippen LogP contribution in [0.5, 0.6) is 0 Å². The number of rotatable bonds is 6. The van der Waals surface area contributed by atoms with Crippen molar-refractivity contribution < 1.29 is 22.4 Å². The number of thiophene rings is 1. The summed E-state index contributed by atoms with van der Waals surface area (Å²) in [5, 5.41) is 3.49. The van der Waals surface area contributed by atoms with Crippen LogP contribution in [-0.2, 0) is 19.6 Å². The molecule has 1 N–H and O–H groups in total. The Kier molecular flexibility index (Phi) is 6.16. The van der Waals surface area contributed by atoms with Gasteiger partial charge >= 0.3 is 0 Å². The summed E-state index contributed by atoms with van der Waals surface area (Å²) in [6, 6.07) is 8.29. The van der Waals surface area contributed by atoms with E-state index in [-0.39, 0.29) is 28.2 Å². The average molecular weight is 442 g/mol. The molecular formula is C17H16FN3O4S3. The number of thioether (sulfide) groups is 1. The molecule has 1 aromatic heterocycles. The van der Waals surface area contributed by atoms with Crippen LogP contribution in [0.3, 0.4) is 0 Å². The van der Waals surface area contributed by atoms with Crippen LogP contribution in [0.1, 0.15) is 13.3 Å². The van der Waals surface area contributed by atoms with E-state index in [9.17, 15) is 22.4 Å². The highest BCUT2D eigenvalue weighted by Crippen LogP contribution is 2.31. The third kappa shape index (κ3) is 4.59. The van der Waals surface area contributed by atoms with Gasteiger partial charge in [-0.25, -0.2) is 4.39 Å². The number of carbonyl (C=O) groups excluding carboxylic acids is 2. The van der Waals surface area contributed by atoms with Crippen LogP contribution in [0.2, 0.25) is 0 Å². The molecule has 0 radical (unpaired) electrons. The number of nitrogens with zero attached hydrogens (tertiary/aromatic N) is 2. The van der Waals surface area contributed by atoms with Gasteiger partial charge in [0.15, 0.2) is 5.17 Å². The first-order chi connectivity index (χ1) is 13.3. The van der Waals surface area contributed by atoms with Crippen molar-refractivity contribution in [1.29, 1.82) is 0 Å². The lowest BCUT2D eigenvalue weighted by molar-refractivity contribution is -0.128. The van der Waals surface area contributed by atoms with Crippen molar-refractivity contribution in [1.82, 2.24) is 4.90 Å². The Balaban J connectivity index is 1.73. The zero-order valence-corrected chi connectivity index (χ0v) is 17.1. The Bertz CT molecular complexity index is 1000. The summed E-state index contributed by atoms with van der Waals surface area (Å²) in [7, 11) is -3.92. The standard InChI is InChI=1S/C17H16FN3O4S3/c1-2-21-16(23)13(10-14(22)19-12-7-5-11(18)6-8-12)27-17(21)20-28(24,25)15-4-3-9-26-15/h3-9,13H,2,10H2,1H3,(H,19,22). The molecule has 28 heavy (non-hydrogen) atoms. The number of anilines is 1. The predicted molar refractivity (Wildman–Crippen MR) is 107 cm³/mol. The molecule has 7 nitrogen and oxygen atoms in total. The molecule has 1 fully saturated rings. The van der Waals surface area contributed by atoms with Gasteiger partial charge in [0, 0.05) is 18.7 Å². The molecule has 0 spiro atoms. The van der Waals surface area contributed by atoms with Gasteiger partial charge in [0.1, 0.15) is 15.3 Å². The van der Waals surface area contributed by atoms with Gasteiger partial charge in [-0.3, -0.25) is 14.5 Å². The van der Waals surface area contributed by atoms with E-state index in [0.29, 0.717) is 5.69 Å². The quantitative estimate of drug-likeness (QED) is 0.744. The molecule has 0 aliphatic carbocycles. The second-order valence-corrected chi connectivity index (χ2v) is 9.68. The lowest BCUT2D eigenvalue weighted by atomic mass is 10.2. The Morgan fingerprint density at radius 1 is 1.29 bits per heavy atom. The van der Waals surface area contributed by atoms with Crippen molar-refractivity contribution in [2.45, 2.75) is 22.8 Å². The fourth-order valence-electron chi connectivity index (χ4n) is 2.47.